The summed E-state index contributed by atoms with van der Waals surface area (Å²) in [5.41, 5.74) is 0.745. The SMILES string of the molecule is Cc1ccc(C(=O)N(CCC#N)CCC#N)cc1S(=O)(=O)Nc1ccc(F)cc1. The Kier molecular flexibility index (Phi) is 7.29. The third-order valence-corrected chi connectivity index (χ3v) is 5.62. The molecule has 0 bridgehead atoms. The van der Waals surface area contributed by atoms with Crippen LogP contribution < -0.4 is 4.72 Å². The number of carbonyl (C=O) groups is 1. The van der Waals surface area contributed by atoms with E-state index < -0.39 is 21.7 Å². The second-order valence-corrected chi connectivity index (χ2v) is 7.85. The van der Waals surface area contributed by atoms with Crippen LogP contribution in [0.2, 0.25) is 0 Å². The molecular formula is C20H19FN4O3S. The molecule has 2 rings (SSSR count). The number of hydrogen-bond donors (Lipinski definition) is 1. The maximum Gasteiger partial charge on any atom is 0.262 e. The van der Waals surface area contributed by atoms with Crippen LogP contribution in [0, 0.1) is 35.4 Å². The molecule has 0 atom stereocenters. The van der Waals surface area contributed by atoms with Gasteiger partial charge in [0.15, 0.2) is 0 Å². The van der Waals surface area contributed by atoms with Crippen molar-refractivity contribution in [2.24, 2.45) is 0 Å². The van der Waals surface area contributed by atoms with Crippen molar-refractivity contribution < 1.29 is 17.6 Å². The monoisotopic (exact) mass is 414 g/mol. The van der Waals surface area contributed by atoms with E-state index in [1.54, 1.807) is 6.92 Å². The van der Waals surface area contributed by atoms with Crippen molar-refractivity contribution in [1.82, 2.24) is 4.90 Å². The van der Waals surface area contributed by atoms with E-state index in [9.17, 15) is 17.6 Å². The van der Waals surface area contributed by atoms with Crippen molar-refractivity contribution >= 4 is 21.6 Å². The van der Waals surface area contributed by atoms with E-state index in [0.717, 1.165) is 12.1 Å². The third-order valence-electron chi connectivity index (χ3n) is 4.10. The third kappa shape index (κ3) is 5.77. The lowest BCUT2D eigenvalue weighted by Gasteiger charge is -2.21. The van der Waals surface area contributed by atoms with Gasteiger partial charge in [-0.2, -0.15) is 10.5 Å². The van der Waals surface area contributed by atoms with Crippen molar-refractivity contribution in [2.75, 3.05) is 17.8 Å². The zero-order valence-electron chi connectivity index (χ0n) is 15.7. The Bertz CT molecular complexity index is 1050. The van der Waals surface area contributed by atoms with Gasteiger partial charge in [-0.15, -0.1) is 0 Å². The maximum atomic E-state index is 13.0. The van der Waals surface area contributed by atoms with Gasteiger partial charge in [0.05, 0.1) is 29.9 Å². The van der Waals surface area contributed by atoms with E-state index in [-0.39, 0.29) is 42.1 Å². The van der Waals surface area contributed by atoms with Gasteiger partial charge in [-0.3, -0.25) is 9.52 Å². The molecule has 0 unspecified atom stereocenters. The van der Waals surface area contributed by atoms with Crippen molar-refractivity contribution in [1.29, 1.82) is 10.5 Å². The Morgan fingerprint density at radius 1 is 1.07 bits per heavy atom. The number of aryl methyl sites for hydroxylation is 1. The van der Waals surface area contributed by atoms with E-state index in [0.29, 0.717) is 5.56 Å². The lowest BCUT2D eigenvalue weighted by atomic mass is 10.1. The molecule has 0 aliphatic rings. The number of amides is 1. The number of rotatable bonds is 8. The Balaban J connectivity index is 2.34. The van der Waals surface area contributed by atoms with Gasteiger partial charge in [0.25, 0.3) is 15.9 Å². The summed E-state index contributed by atoms with van der Waals surface area (Å²) >= 11 is 0. The molecule has 1 amide bonds. The summed E-state index contributed by atoms with van der Waals surface area (Å²) in [6.45, 7) is 1.87. The van der Waals surface area contributed by atoms with E-state index in [4.69, 9.17) is 10.5 Å². The van der Waals surface area contributed by atoms with Gasteiger partial charge < -0.3 is 4.90 Å². The van der Waals surface area contributed by atoms with Gasteiger partial charge in [0.2, 0.25) is 0 Å². The normalized spacial score (nSPS) is 10.6. The highest BCUT2D eigenvalue weighted by Crippen LogP contribution is 2.22. The predicted molar refractivity (Wildman–Crippen MR) is 105 cm³/mol. The van der Waals surface area contributed by atoms with Crippen LogP contribution in [0.4, 0.5) is 10.1 Å². The average molecular weight is 414 g/mol. The quantitative estimate of drug-likeness (QED) is 0.712. The van der Waals surface area contributed by atoms with Crippen LogP contribution in [0.15, 0.2) is 47.4 Å². The number of nitrogens with one attached hydrogen (secondary N) is 1. The van der Waals surface area contributed by atoms with Crippen molar-refractivity contribution in [2.45, 2.75) is 24.7 Å². The molecule has 9 heteroatoms. The number of hydrogen-bond acceptors (Lipinski definition) is 5. The van der Waals surface area contributed by atoms with Crippen molar-refractivity contribution in [3.63, 3.8) is 0 Å². The number of carbonyl (C=O) groups excluding carboxylic acids is 1. The summed E-state index contributed by atoms with van der Waals surface area (Å²) in [6.07, 6.45) is 0.195. The molecule has 7 nitrogen and oxygen atoms in total. The second kappa shape index (κ2) is 9.67. The molecule has 0 aliphatic carbocycles. The molecule has 0 aromatic heterocycles. The van der Waals surface area contributed by atoms with E-state index in [1.807, 2.05) is 12.1 Å². The number of sulfonamides is 1. The van der Waals surface area contributed by atoms with Crippen molar-refractivity contribution in [3.05, 3.63) is 59.4 Å². The molecule has 0 saturated carbocycles. The highest BCUT2D eigenvalue weighted by Gasteiger charge is 2.22. The summed E-state index contributed by atoms with van der Waals surface area (Å²) in [5.74, 6) is -0.958. The standard InChI is InChI=1S/C20H19FN4O3S/c1-15-4-5-16(20(26)25(12-2-10-22)13-3-11-23)14-19(15)29(27,28)24-18-8-6-17(21)7-9-18/h4-9,14,24H,2-3,12-13H2,1H3. The molecular weight excluding hydrogens is 395 g/mol. The number of nitriles is 2. The Morgan fingerprint density at radius 2 is 1.66 bits per heavy atom. The van der Waals surface area contributed by atoms with Crippen LogP contribution in [-0.4, -0.2) is 32.3 Å². The van der Waals surface area contributed by atoms with Crippen LogP contribution in [0.1, 0.15) is 28.8 Å². The molecule has 2 aromatic rings. The van der Waals surface area contributed by atoms with Gasteiger partial charge in [-0.25, -0.2) is 12.8 Å². The zero-order valence-corrected chi connectivity index (χ0v) is 16.5. The van der Waals surface area contributed by atoms with E-state index in [2.05, 4.69) is 4.72 Å². The lowest BCUT2D eigenvalue weighted by molar-refractivity contribution is 0.0762. The van der Waals surface area contributed by atoms with Gasteiger partial charge >= 0.3 is 0 Å². The molecule has 0 spiro atoms. The second-order valence-electron chi connectivity index (χ2n) is 6.20. The van der Waals surface area contributed by atoms with Crippen LogP contribution in [0.3, 0.4) is 0 Å². The molecule has 1 N–H and O–H groups in total. The first-order chi connectivity index (χ1) is 13.8. The zero-order chi connectivity index (χ0) is 21.4. The minimum Gasteiger partial charge on any atom is -0.337 e. The van der Waals surface area contributed by atoms with Gasteiger partial charge in [-0.1, -0.05) is 6.07 Å². The fraction of sp³-hybridized carbons (Fsp3) is 0.250. The molecule has 0 saturated heterocycles. The summed E-state index contributed by atoms with van der Waals surface area (Å²) < 4.78 is 41.0. The van der Waals surface area contributed by atoms with Crippen LogP contribution in [0.25, 0.3) is 0 Å². The van der Waals surface area contributed by atoms with Crippen LogP contribution in [0.5, 0.6) is 0 Å². The minimum absolute atomic E-state index is 0.0896. The van der Waals surface area contributed by atoms with E-state index >= 15 is 0 Å². The number of benzene rings is 2. The summed E-state index contributed by atoms with van der Waals surface area (Å²) in [5, 5.41) is 17.5. The highest BCUT2D eigenvalue weighted by atomic mass is 32.2. The lowest BCUT2D eigenvalue weighted by Crippen LogP contribution is -2.33. The first-order valence-electron chi connectivity index (χ1n) is 8.70. The largest absolute Gasteiger partial charge is 0.337 e. The Labute approximate surface area is 169 Å². The van der Waals surface area contributed by atoms with Gasteiger partial charge in [0.1, 0.15) is 5.82 Å². The number of nitrogens with zero attached hydrogens (tertiary/aromatic N) is 3. The van der Waals surface area contributed by atoms with Crippen LogP contribution in [-0.2, 0) is 10.0 Å². The van der Waals surface area contributed by atoms with Crippen LogP contribution >= 0.6 is 0 Å². The molecule has 0 aliphatic heterocycles. The maximum absolute atomic E-state index is 13.0. The fourth-order valence-electron chi connectivity index (χ4n) is 2.62. The predicted octanol–water partition coefficient (Wildman–Crippen LogP) is 3.20. The summed E-state index contributed by atoms with van der Waals surface area (Å²) in [7, 11) is -4.02. The van der Waals surface area contributed by atoms with Crippen molar-refractivity contribution in [3.8, 4) is 12.1 Å². The Hall–Kier alpha value is -3.43. The smallest absolute Gasteiger partial charge is 0.262 e. The van der Waals surface area contributed by atoms with Gasteiger partial charge in [0, 0.05) is 24.3 Å². The fourth-order valence-corrected chi connectivity index (χ4v) is 3.95. The minimum atomic E-state index is -4.02. The van der Waals surface area contributed by atoms with Gasteiger partial charge in [-0.05, 0) is 48.9 Å². The Morgan fingerprint density at radius 3 is 2.21 bits per heavy atom. The number of anilines is 1. The molecule has 2 aromatic carbocycles. The van der Waals surface area contributed by atoms with E-state index in [1.165, 1.54) is 35.2 Å². The molecule has 29 heavy (non-hydrogen) atoms. The average Bonchev–Trinajstić information content (AvgIpc) is 2.69. The molecule has 0 heterocycles. The summed E-state index contributed by atoms with van der Waals surface area (Å²) in [4.78, 5) is 14.1. The number of halogens is 1. The molecule has 150 valence electrons. The molecule has 0 fully saturated rings. The highest BCUT2D eigenvalue weighted by molar-refractivity contribution is 7.92. The topological polar surface area (TPSA) is 114 Å². The first kappa shape index (κ1) is 21.9. The first-order valence-corrected chi connectivity index (χ1v) is 10.2. The molecule has 0 radical (unpaired) electrons. The summed E-state index contributed by atoms with van der Waals surface area (Å²) in [6, 6.07) is 13.0.